The van der Waals surface area contributed by atoms with Gasteiger partial charge in [-0.15, -0.1) is 0 Å². The topological polar surface area (TPSA) is 43.1 Å². The van der Waals surface area contributed by atoms with Gasteiger partial charge in [0.05, 0.1) is 0 Å². The number of nitrogens with two attached hydrogens (primary N) is 1. The number of allylic oxidation sites excluding steroid dienone is 3. The molecule has 0 heterocycles. The lowest BCUT2D eigenvalue weighted by Gasteiger charge is -2.14. The molecule has 1 saturated carbocycles. The van der Waals surface area contributed by atoms with Gasteiger partial charge in [-0.05, 0) is 42.2 Å². The van der Waals surface area contributed by atoms with Gasteiger partial charge in [0.2, 0.25) is 5.91 Å². The van der Waals surface area contributed by atoms with E-state index >= 15 is 0 Å². The Morgan fingerprint density at radius 2 is 2.12 bits per heavy atom. The molecule has 0 spiro atoms. The van der Waals surface area contributed by atoms with Gasteiger partial charge in [0, 0.05) is 6.08 Å². The molecule has 0 bridgehead atoms. The van der Waals surface area contributed by atoms with Gasteiger partial charge in [0.15, 0.2) is 0 Å². The highest BCUT2D eigenvalue weighted by atomic mass is 16.1. The highest BCUT2D eigenvalue weighted by Gasteiger charge is 2.31. The summed E-state index contributed by atoms with van der Waals surface area (Å²) in [7, 11) is 0. The van der Waals surface area contributed by atoms with Crippen LogP contribution in [0.2, 0.25) is 0 Å². The molecular weight excluding hydrogens is 198 g/mol. The normalized spacial score (nSPS) is 23.6. The van der Waals surface area contributed by atoms with Crippen LogP contribution in [-0.4, -0.2) is 5.91 Å². The van der Waals surface area contributed by atoms with Gasteiger partial charge in [-0.1, -0.05) is 33.3 Å². The smallest absolute Gasteiger partial charge is 0.241 e. The lowest BCUT2D eigenvalue weighted by Crippen LogP contribution is -2.10. The maximum absolute atomic E-state index is 11.1. The van der Waals surface area contributed by atoms with Crippen LogP contribution in [0, 0.1) is 11.8 Å². The first-order valence-corrected chi connectivity index (χ1v) is 6.24. The molecule has 2 heteroatoms. The molecule has 1 fully saturated rings. The minimum Gasteiger partial charge on any atom is -0.366 e. The zero-order valence-electron chi connectivity index (χ0n) is 10.8. The molecule has 1 aliphatic carbocycles. The predicted molar refractivity (Wildman–Crippen MR) is 67.8 cm³/mol. The molecular formula is C14H23NO. The van der Waals surface area contributed by atoms with Crippen molar-refractivity contribution in [2.45, 2.75) is 47.0 Å². The Morgan fingerprint density at radius 1 is 1.50 bits per heavy atom. The molecule has 1 amide bonds. The molecule has 0 aromatic heterocycles. The fourth-order valence-corrected chi connectivity index (χ4v) is 2.34. The molecule has 0 aromatic rings. The molecule has 1 atom stereocenters. The average Bonchev–Trinajstić information content (AvgIpc) is 2.96. The zero-order chi connectivity index (χ0) is 12.3. The SMILES string of the molecule is CCC(=C1CC1CC)/C(=C\C(N)=O)C(C)C. The van der Waals surface area contributed by atoms with Crippen LogP contribution in [0.15, 0.2) is 22.8 Å². The molecule has 0 radical (unpaired) electrons. The summed E-state index contributed by atoms with van der Waals surface area (Å²) in [5.74, 6) is 0.794. The van der Waals surface area contributed by atoms with Gasteiger partial charge in [0.25, 0.3) is 0 Å². The molecule has 16 heavy (non-hydrogen) atoms. The monoisotopic (exact) mass is 221 g/mol. The Balaban J connectivity index is 3.03. The highest BCUT2D eigenvalue weighted by Crippen LogP contribution is 2.46. The van der Waals surface area contributed by atoms with E-state index in [-0.39, 0.29) is 5.91 Å². The Morgan fingerprint density at radius 3 is 2.44 bits per heavy atom. The van der Waals surface area contributed by atoms with E-state index in [1.54, 1.807) is 11.6 Å². The van der Waals surface area contributed by atoms with E-state index in [9.17, 15) is 4.79 Å². The first-order chi connectivity index (χ1) is 7.51. The summed E-state index contributed by atoms with van der Waals surface area (Å²) < 4.78 is 0. The van der Waals surface area contributed by atoms with E-state index in [1.807, 2.05) is 0 Å². The Kier molecular flexibility index (Phi) is 4.34. The van der Waals surface area contributed by atoms with Crippen LogP contribution in [0.3, 0.4) is 0 Å². The maximum atomic E-state index is 11.1. The van der Waals surface area contributed by atoms with E-state index in [0.717, 1.165) is 17.9 Å². The van der Waals surface area contributed by atoms with Crippen LogP contribution in [0.5, 0.6) is 0 Å². The van der Waals surface area contributed by atoms with E-state index in [2.05, 4.69) is 27.7 Å². The van der Waals surface area contributed by atoms with Crippen LogP contribution in [0.1, 0.15) is 47.0 Å². The number of amides is 1. The van der Waals surface area contributed by atoms with Crippen LogP contribution >= 0.6 is 0 Å². The summed E-state index contributed by atoms with van der Waals surface area (Å²) in [5, 5.41) is 0. The van der Waals surface area contributed by atoms with Crippen molar-refractivity contribution >= 4 is 5.91 Å². The van der Waals surface area contributed by atoms with Crippen molar-refractivity contribution < 1.29 is 4.79 Å². The van der Waals surface area contributed by atoms with E-state index in [0.29, 0.717) is 5.92 Å². The molecule has 0 aromatic carbocycles. The van der Waals surface area contributed by atoms with Crippen LogP contribution in [0.4, 0.5) is 0 Å². The molecule has 2 N–H and O–H groups in total. The maximum Gasteiger partial charge on any atom is 0.241 e. The number of rotatable bonds is 5. The summed E-state index contributed by atoms with van der Waals surface area (Å²) in [6.07, 6.45) is 5.04. The van der Waals surface area contributed by atoms with Crippen molar-refractivity contribution in [2.24, 2.45) is 17.6 Å². The molecule has 1 aliphatic rings. The number of carbonyl (C=O) groups excluding carboxylic acids is 1. The third-order valence-electron chi connectivity index (χ3n) is 3.30. The van der Waals surface area contributed by atoms with Gasteiger partial charge >= 0.3 is 0 Å². The van der Waals surface area contributed by atoms with E-state index in [4.69, 9.17) is 5.73 Å². The third kappa shape index (κ3) is 2.97. The van der Waals surface area contributed by atoms with Crippen LogP contribution < -0.4 is 5.73 Å². The molecule has 1 rings (SSSR count). The lowest BCUT2D eigenvalue weighted by atomic mass is 9.91. The summed E-state index contributed by atoms with van der Waals surface area (Å²) in [5.41, 5.74) is 9.34. The molecule has 0 saturated heterocycles. The largest absolute Gasteiger partial charge is 0.366 e. The molecule has 90 valence electrons. The molecule has 2 nitrogen and oxygen atoms in total. The van der Waals surface area contributed by atoms with Crippen molar-refractivity contribution in [3.8, 4) is 0 Å². The summed E-state index contributed by atoms with van der Waals surface area (Å²) in [6, 6.07) is 0. The number of hydrogen-bond donors (Lipinski definition) is 1. The Labute approximate surface area is 98.6 Å². The number of hydrogen-bond acceptors (Lipinski definition) is 1. The quantitative estimate of drug-likeness (QED) is 0.712. The van der Waals surface area contributed by atoms with Gasteiger partial charge in [0.1, 0.15) is 0 Å². The molecule has 0 aliphatic heterocycles. The summed E-state index contributed by atoms with van der Waals surface area (Å²) in [6.45, 7) is 8.62. The second kappa shape index (κ2) is 5.33. The fraction of sp³-hybridized carbons (Fsp3) is 0.643. The van der Waals surface area contributed by atoms with Crippen LogP contribution in [0.25, 0.3) is 0 Å². The first-order valence-electron chi connectivity index (χ1n) is 6.24. The standard InChI is InChI=1S/C14H23NO/c1-5-10-7-13(10)11(6-2)12(9(3)4)8-14(15)16/h8-10H,5-7H2,1-4H3,(H2,15,16)/b12-8-,13-11?. The van der Waals surface area contributed by atoms with Gasteiger partial charge < -0.3 is 5.73 Å². The lowest BCUT2D eigenvalue weighted by molar-refractivity contribution is -0.113. The Hall–Kier alpha value is -1.05. The second-order valence-corrected chi connectivity index (χ2v) is 4.82. The van der Waals surface area contributed by atoms with Gasteiger partial charge in [-0.25, -0.2) is 0 Å². The van der Waals surface area contributed by atoms with E-state index in [1.165, 1.54) is 18.4 Å². The van der Waals surface area contributed by atoms with Crippen molar-refractivity contribution in [2.75, 3.05) is 0 Å². The minimum absolute atomic E-state index is 0.330. The highest BCUT2D eigenvalue weighted by molar-refractivity contribution is 5.87. The van der Waals surface area contributed by atoms with Crippen molar-refractivity contribution in [1.82, 2.24) is 0 Å². The minimum atomic E-state index is -0.330. The van der Waals surface area contributed by atoms with Gasteiger partial charge in [-0.2, -0.15) is 0 Å². The number of carbonyl (C=O) groups is 1. The summed E-state index contributed by atoms with van der Waals surface area (Å²) >= 11 is 0. The van der Waals surface area contributed by atoms with Crippen molar-refractivity contribution in [3.05, 3.63) is 22.8 Å². The van der Waals surface area contributed by atoms with Gasteiger partial charge in [-0.3, -0.25) is 4.79 Å². The van der Waals surface area contributed by atoms with E-state index < -0.39 is 0 Å². The molecule has 1 unspecified atom stereocenters. The fourth-order valence-electron chi connectivity index (χ4n) is 2.34. The average molecular weight is 221 g/mol. The first kappa shape index (κ1) is 13.0. The predicted octanol–water partition coefficient (Wildman–Crippen LogP) is 3.19. The van der Waals surface area contributed by atoms with Crippen molar-refractivity contribution in [3.63, 3.8) is 0 Å². The Bertz CT molecular complexity index is 337. The number of primary amides is 1. The van der Waals surface area contributed by atoms with Crippen LogP contribution in [-0.2, 0) is 4.79 Å². The second-order valence-electron chi connectivity index (χ2n) is 4.82. The summed E-state index contributed by atoms with van der Waals surface area (Å²) in [4.78, 5) is 11.1. The van der Waals surface area contributed by atoms with Crippen molar-refractivity contribution in [1.29, 1.82) is 0 Å². The third-order valence-corrected chi connectivity index (χ3v) is 3.30. The zero-order valence-corrected chi connectivity index (χ0v) is 10.8.